The van der Waals surface area contributed by atoms with Crippen molar-refractivity contribution in [3.05, 3.63) is 57.5 Å². The van der Waals surface area contributed by atoms with Crippen LogP contribution in [0.15, 0.2) is 35.3 Å². The molecule has 1 aromatic carbocycles. The first-order valence-electron chi connectivity index (χ1n) is 5.84. The first-order chi connectivity index (χ1) is 8.97. The van der Waals surface area contributed by atoms with E-state index in [-0.39, 0.29) is 11.5 Å². The highest BCUT2D eigenvalue weighted by atomic mass is 16.1. The maximum absolute atomic E-state index is 12.0. The second-order valence-corrected chi connectivity index (χ2v) is 4.42. The summed E-state index contributed by atoms with van der Waals surface area (Å²) in [5.41, 5.74) is 9.19. The zero-order chi connectivity index (χ0) is 14.0. The molecule has 1 heterocycles. The van der Waals surface area contributed by atoms with Gasteiger partial charge in [-0.1, -0.05) is 0 Å². The zero-order valence-corrected chi connectivity index (χ0v) is 10.8. The van der Waals surface area contributed by atoms with E-state index >= 15 is 0 Å². The number of pyridine rings is 1. The number of benzene rings is 1. The van der Waals surface area contributed by atoms with Crippen LogP contribution in [0.2, 0.25) is 0 Å². The molecule has 19 heavy (non-hydrogen) atoms. The summed E-state index contributed by atoms with van der Waals surface area (Å²) in [6, 6.07) is 6.41. The number of nitrogens with two attached hydrogens (primary N) is 1. The fraction of sp³-hybridized carbons (Fsp3) is 0.143. The lowest BCUT2D eigenvalue weighted by atomic mass is 10.1. The Hall–Kier alpha value is -2.56. The molecule has 4 N–H and O–H groups in total. The number of carbonyl (C=O) groups excluding carboxylic acids is 1. The third-order valence-corrected chi connectivity index (χ3v) is 2.96. The van der Waals surface area contributed by atoms with Crippen LogP contribution < -0.4 is 16.6 Å². The van der Waals surface area contributed by atoms with Gasteiger partial charge in [-0.05, 0) is 43.2 Å². The molecule has 0 radical (unpaired) electrons. The van der Waals surface area contributed by atoms with E-state index in [1.165, 1.54) is 18.3 Å². The predicted octanol–water partition coefficient (Wildman–Crippen LogP) is 1.83. The van der Waals surface area contributed by atoms with Crippen molar-refractivity contribution in [3.8, 4) is 0 Å². The van der Waals surface area contributed by atoms with Crippen LogP contribution in [0.25, 0.3) is 0 Å². The molecule has 0 fully saturated rings. The Kier molecular flexibility index (Phi) is 3.37. The molecule has 0 bridgehead atoms. The largest absolute Gasteiger partial charge is 0.397 e. The number of rotatable bonds is 2. The molecule has 98 valence electrons. The molecular weight excluding hydrogens is 242 g/mol. The molecule has 2 rings (SSSR count). The number of H-pyrrole nitrogens is 1. The van der Waals surface area contributed by atoms with E-state index in [0.29, 0.717) is 16.9 Å². The summed E-state index contributed by atoms with van der Waals surface area (Å²) in [7, 11) is 0. The van der Waals surface area contributed by atoms with Gasteiger partial charge in [-0.2, -0.15) is 0 Å². The van der Waals surface area contributed by atoms with Crippen LogP contribution in [0.1, 0.15) is 21.5 Å². The standard InChI is InChI=1S/C14H15N3O2/c1-8-5-11(15)12(6-9(8)2)17-14(19)10-3-4-13(18)16-7-10/h3-7H,15H2,1-2H3,(H,16,18)(H,17,19). The minimum Gasteiger partial charge on any atom is -0.397 e. The van der Waals surface area contributed by atoms with Crippen LogP contribution in [-0.2, 0) is 0 Å². The lowest BCUT2D eigenvalue weighted by Crippen LogP contribution is -2.15. The van der Waals surface area contributed by atoms with Crippen molar-refractivity contribution in [2.75, 3.05) is 11.1 Å². The molecule has 0 spiro atoms. The quantitative estimate of drug-likeness (QED) is 0.717. The van der Waals surface area contributed by atoms with Gasteiger partial charge in [0.25, 0.3) is 5.91 Å². The van der Waals surface area contributed by atoms with E-state index in [1.807, 2.05) is 26.0 Å². The van der Waals surface area contributed by atoms with Gasteiger partial charge in [-0.15, -0.1) is 0 Å². The van der Waals surface area contributed by atoms with Gasteiger partial charge in [0.2, 0.25) is 5.56 Å². The minimum absolute atomic E-state index is 0.248. The number of aryl methyl sites for hydroxylation is 2. The Morgan fingerprint density at radius 3 is 2.53 bits per heavy atom. The lowest BCUT2D eigenvalue weighted by molar-refractivity contribution is 0.102. The number of nitrogens with one attached hydrogen (secondary N) is 2. The van der Waals surface area contributed by atoms with Crippen molar-refractivity contribution >= 4 is 17.3 Å². The third-order valence-electron chi connectivity index (χ3n) is 2.96. The number of aromatic amines is 1. The molecular formula is C14H15N3O2. The second kappa shape index (κ2) is 4.97. The Morgan fingerprint density at radius 2 is 1.89 bits per heavy atom. The summed E-state index contributed by atoms with van der Waals surface area (Å²) < 4.78 is 0. The van der Waals surface area contributed by atoms with Gasteiger partial charge in [0.05, 0.1) is 16.9 Å². The molecule has 0 saturated carbocycles. The molecule has 1 aromatic heterocycles. The van der Waals surface area contributed by atoms with Crippen LogP contribution in [-0.4, -0.2) is 10.9 Å². The molecule has 1 amide bonds. The Morgan fingerprint density at radius 1 is 1.21 bits per heavy atom. The summed E-state index contributed by atoms with van der Waals surface area (Å²) in [5, 5.41) is 2.73. The van der Waals surface area contributed by atoms with E-state index in [1.54, 1.807) is 0 Å². The van der Waals surface area contributed by atoms with Gasteiger partial charge in [0.1, 0.15) is 0 Å². The average molecular weight is 257 g/mol. The first kappa shape index (κ1) is 12.9. The third kappa shape index (κ3) is 2.82. The van der Waals surface area contributed by atoms with E-state index in [9.17, 15) is 9.59 Å². The molecule has 5 nitrogen and oxygen atoms in total. The summed E-state index contributed by atoms with van der Waals surface area (Å²) in [6.07, 6.45) is 1.37. The summed E-state index contributed by atoms with van der Waals surface area (Å²) >= 11 is 0. The van der Waals surface area contributed by atoms with Gasteiger partial charge in [-0.25, -0.2) is 0 Å². The fourth-order valence-electron chi connectivity index (χ4n) is 1.69. The monoisotopic (exact) mass is 257 g/mol. The second-order valence-electron chi connectivity index (χ2n) is 4.42. The topological polar surface area (TPSA) is 88.0 Å². The summed E-state index contributed by atoms with van der Waals surface area (Å²) in [6.45, 7) is 3.91. The van der Waals surface area contributed by atoms with Crippen molar-refractivity contribution in [3.63, 3.8) is 0 Å². The molecule has 2 aromatic rings. The average Bonchev–Trinajstić information content (AvgIpc) is 2.36. The number of carbonyl (C=O) groups is 1. The maximum atomic E-state index is 12.0. The smallest absolute Gasteiger partial charge is 0.257 e. The number of aromatic nitrogens is 1. The molecule has 5 heteroatoms. The number of hydrogen-bond acceptors (Lipinski definition) is 3. The Labute approximate surface area is 110 Å². The van der Waals surface area contributed by atoms with Crippen molar-refractivity contribution in [1.29, 1.82) is 0 Å². The van der Waals surface area contributed by atoms with Crippen LogP contribution in [0.5, 0.6) is 0 Å². The highest BCUT2D eigenvalue weighted by molar-refractivity contribution is 6.05. The fourth-order valence-corrected chi connectivity index (χ4v) is 1.69. The van der Waals surface area contributed by atoms with Crippen molar-refractivity contribution in [2.45, 2.75) is 13.8 Å². The van der Waals surface area contributed by atoms with Crippen molar-refractivity contribution in [2.24, 2.45) is 0 Å². The molecule has 0 unspecified atom stereocenters. The molecule has 0 saturated heterocycles. The van der Waals surface area contributed by atoms with Crippen LogP contribution in [0, 0.1) is 13.8 Å². The van der Waals surface area contributed by atoms with E-state index in [2.05, 4.69) is 10.3 Å². The van der Waals surface area contributed by atoms with Crippen molar-refractivity contribution in [1.82, 2.24) is 4.98 Å². The molecule has 0 aliphatic heterocycles. The summed E-state index contributed by atoms with van der Waals surface area (Å²) in [4.78, 5) is 25.4. The zero-order valence-electron chi connectivity index (χ0n) is 10.8. The molecule has 0 aliphatic carbocycles. The van der Waals surface area contributed by atoms with E-state index in [0.717, 1.165) is 11.1 Å². The van der Waals surface area contributed by atoms with Crippen molar-refractivity contribution < 1.29 is 4.79 Å². The Balaban J connectivity index is 2.26. The van der Waals surface area contributed by atoms with Crippen LogP contribution >= 0.6 is 0 Å². The number of nitrogen functional groups attached to an aromatic ring is 1. The van der Waals surface area contributed by atoms with Gasteiger partial charge < -0.3 is 16.0 Å². The lowest BCUT2D eigenvalue weighted by Gasteiger charge is -2.11. The Bertz CT molecular complexity index is 669. The highest BCUT2D eigenvalue weighted by Gasteiger charge is 2.09. The normalized spacial score (nSPS) is 10.2. The number of anilines is 2. The minimum atomic E-state index is -0.314. The molecule has 0 aliphatic rings. The SMILES string of the molecule is Cc1cc(N)c(NC(=O)c2ccc(=O)[nH]c2)cc1C. The summed E-state index contributed by atoms with van der Waals surface area (Å²) in [5.74, 6) is -0.314. The van der Waals surface area contributed by atoms with Gasteiger partial charge in [-0.3, -0.25) is 9.59 Å². The highest BCUT2D eigenvalue weighted by Crippen LogP contribution is 2.23. The predicted molar refractivity (Wildman–Crippen MR) is 75.3 cm³/mol. The van der Waals surface area contributed by atoms with Crippen LogP contribution in [0.4, 0.5) is 11.4 Å². The number of hydrogen-bond donors (Lipinski definition) is 3. The number of amides is 1. The van der Waals surface area contributed by atoms with Crippen LogP contribution in [0.3, 0.4) is 0 Å². The van der Waals surface area contributed by atoms with Gasteiger partial charge in [0.15, 0.2) is 0 Å². The van der Waals surface area contributed by atoms with E-state index in [4.69, 9.17) is 5.73 Å². The van der Waals surface area contributed by atoms with E-state index < -0.39 is 0 Å². The maximum Gasteiger partial charge on any atom is 0.257 e. The van der Waals surface area contributed by atoms with Gasteiger partial charge in [0, 0.05) is 12.3 Å². The molecule has 0 atom stereocenters. The first-order valence-corrected chi connectivity index (χ1v) is 5.84. The van der Waals surface area contributed by atoms with Gasteiger partial charge >= 0.3 is 0 Å².